The van der Waals surface area contributed by atoms with Gasteiger partial charge in [0.25, 0.3) is 0 Å². The Labute approximate surface area is 307 Å². The highest BCUT2D eigenvalue weighted by molar-refractivity contribution is 6.35. The van der Waals surface area contributed by atoms with Crippen LogP contribution >= 0.6 is 11.6 Å². The number of ether oxygens (including phenoxy) is 5. The van der Waals surface area contributed by atoms with E-state index in [0.29, 0.717) is 59.7 Å². The first-order valence-corrected chi connectivity index (χ1v) is 18.6. The summed E-state index contributed by atoms with van der Waals surface area (Å²) in [6.45, 7) is 11.3. The Morgan fingerprint density at radius 1 is 1.15 bits per heavy atom. The fourth-order valence-electron chi connectivity index (χ4n) is 8.88. The molecule has 2 N–H and O–H groups in total. The van der Waals surface area contributed by atoms with Crippen LogP contribution < -0.4 is 14.4 Å². The van der Waals surface area contributed by atoms with Crippen molar-refractivity contribution in [3.63, 3.8) is 0 Å². The topological polar surface area (TPSA) is 140 Å². The maximum absolute atomic E-state index is 17.2. The van der Waals surface area contributed by atoms with Crippen molar-refractivity contribution < 1.29 is 33.2 Å². The minimum Gasteiger partial charge on any atom is -0.480 e. The molecule has 3 aromatic heterocycles. The lowest BCUT2D eigenvalue weighted by Crippen LogP contribution is -2.54. The van der Waals surface area contributed by atoms with Crippen LogP contribution in [0.25, 0.3) is 33.1 Å². The lowest BCUT2D eigenvalue weighted by Gasteiger charge is -2.46. The van der Waals surface area contributed by atoms with E-state index < -0.39 is 17.2 Å². The number of nitrogens with zero attached hydrogens (tertiary/aromatic N) is 6. The lowest BCUT2D eigenvalue weighted by atomic mass is 9.75. The van der Waals surface area contributed by atoms with Crippen LogP contribution in [0.3, 0.4) is 0 Å². The van der Waals surface area contributed by atoms with Crippen molar-refractivity contribution >= 4 is 39.2 Å². The van der Waals surface area contributed by atoms with Crippen molar-refractivity contribution in [2.45, 2.75) is 83.3 Å². The molecule has 0 bridgehead atoms. The molecule has 0 spiro atoms. The minimum atomic E-state index is -1.19. The molecule has 4 atom stereocenters. The van der Waals surface area contributed by atoms with Crippen LogP contribution in [0.4, 0.5) is 10.2 Å². The number of H-pyrrole nitrogens is 1. The van der Waals surface area contributed by atoms with Gasteiger partial charge in [-0.3, -0.25) is 10.00 Å². The Bertz CT molecular complexity index is 1990. The molecule has 4 unspecified atom stereocenters. The highest BCUT2D eigenvalue weighted by Gasteiger charge is 2.49. The van der Waals surface area contributed by atoms with Gasteiger partial charge in [-0.1, -0.05) is 18.0 Å². The van der Waals surface area contributed by atoms with E-state index in [9.17, 15) is 5.11 Å². The largest absolute Gasteiger partial charge is 0.480 e. The van der Waals surface area contributed by atoms with Crippen LogP contribution in [0.2, 0.25) is 5.02 Å². The van der Waals surface area contributed by atoms with Crippen molar-refractivity contribution in [1.29, 1.82) is 0 Å². The van der Waals surface area contributed by atoms with Gasteiger partial charge < -0.3 is 33.7 Å². The van der Waals surface area contributed by atoms with E-state index in [1.807, 2.05) is 31.7 Å². The van der Waals surface area contributed by atoms with Crippen molar-refractivity contribution in [2.24, 2.45) is 5.41 Å². The summed E-state index contributed by atoms with van der Waals surface area (Å²) < 4.78 is 47.4. The third kappa shape index (κ3) is 6.45. The molecule has 13 nitrogen and oxygen atoms in total. The number of halogens is 2. The molecule has 6 heterocycles. The second kappa shape index (κ2) is 13.5. The standard InChI is InChI=1S/C37H47ClFN7O6/c1-21-14-24-23(15-40-44-24)26(28(21)38)30-29(39)31-27(33(41-30)48-5)32(46-12-13-49-19-36(4,47)18-46)43-34(42-31)50-20-37-9-6-8-25(37)45(11-7-10-37)16-22-17-51-35(2,3)52-22/h14-15,22,25,47H,6-13,16-20H2,1-5H3,(H,40,44). The maximum atomic E-state index is 17.2. The Morgan fingerprint density at radius 3 is 2.77 bits per heavy atom. The number of aliphatic hydroxyl groups is 1. The second-order valence-corrected chi connectivity index (χ2v) is 16.0. The van der Waals surface area contributed by atoms with E-state index in [1.54, 1.807) is 13.1 Å². The SMILES string of the molecule is COc1nc(-c2c(Cl)c(C)cc3[nH]ncc23)c(F)c2nc(OCC34CCCC3N(CC3COC(C)(C)O3)CCC4)nc(N3CCOCC(C)(O)C3)c12. The number of hydrogen-bond acceptors (Lipinski definition) is 12. The second-order valence-electron chi connectivity index (χ2n) is 15.6. The number of nitrogens with one attached hydrogen (secondary N) is 1. The fraction of sp³-hybridized carbons (Fsp3) is 0.622. The van der Waals surface area contributed by atoms with Gasteiger partial charge in [-0.25, -0.2) is 9.37 Å². The van der Waals surface area contributed by atoms with Crippen LogP contribution in [0, 0.1) is 18.2 Å². The van der Waals surface area contributed by atoms with Crippen LogP contribution in [0.5, 0.6) is 11.9 Å². The third-order valence-electron chi connectivity index (χ3n) is 11.2. The summed E-state index contributed by atoms with van der Waals surface area (Å²) in [6, 6.07) is 2.21. The van der Waals surface area contributed by atoms with Gasteiger partial charge in [-0.05, 0) is 71.6 Å². The van der Waals surface area contributed by atoms with E-state index in [1.165, 1.54) is 7.11 Å². The number of anilines is 1. The molecule has 8 rings (SSSR count). The van der Waals surface area contributed by atoms with Gasteiger partial charge >= 0.3 is 6.01 Å². The molecule has 52 heavy (non-hydrogen) atoms. The number of likely N-dealkylation sites (tertiary alicyclic amines) is 1. The molecule has 1 aromatic carbocycles. The van der Waals surface area contributed by atoms with E-state index in [4.69, 9.17) is 50.2 Å². The van der Waals surface area contributed by atoms with E-state index in [0.717, 1.165) is 50.8 Å². The smallest absolute Gasteiger partial charge is 0.319 e. The molecular weight excluding hydrogens is 693 g/mol. The zero-order valence-electron chi connectivity index (χ0n) is 30.4. The summed E-state index contributed by atoms with van der Waals surface area (Å²) in [7, 11) is 1.47. The lowest BCUT2D eigenvalue weighted by molar-refractivity contribution is -0.143. The number of methoxy groups -OCH3 is 1. The Morgan fingerprint density at radius 2 is 1.98 bits per heavy atom. The summed E-state index contributed by atoms with van der Waals surface area (Å²) in [6.07, 6.45) is 6.82. The predicted molar refractivity (Wildman–Crippen MR) is 194 cm³/mol. The minimum absolute atomic E-state index is 0.0134. The van der Waals surface area contributed by atoms with Crippen molar-refractivity contribution in [3.8, 4) is 23.1 Å². The highest BCUT2D eigenvalue weighted by Crippen LogP contribution is 2.49. The average molecular weight is 740 g/mol. The zero-order chi connectivity index (χ0) is 36.4. The van der Waals surface area contributed by atoms with Crippen molar-refractivity contribution in [2.75, 3.05) is 64.6 Å². The first-order valence-electron chi connectivity index (χ1n) is 18.2. The molecule has 15 heteroatoms. The van der Waals surface area contributed by atoms with Crippen LogP contribution in [0.15, 0.2) is 12.3 Å². The average Bonchev–Trinajstić information content (AvgIpc) is 3.81. The number of β-amino-alcohol motifs (C(OH)–C–C–N with tert-alkyl or cyclic N) is 1. The van der Waals surface area contributed by atoms with Gasteiger partial charge in [0.2, 0.25) is 5.88 Å². The number of benzene rings is 1. The summed E-state index contributed by atoms with van der Waals surface area (Å²) in [5.41, 5.74) is 0.452. The quantitative estimate of drug-likeness (QED) is 0.238. The summed E-state index contributed by atoms with van der Waals surface area (Å²) >= 11 is 6.87. The predicted octanol–water partition coefficient (Wildman–Crippen LogP) is 5.43. The van der Waals surface area contributed by atoms with Gasteiger partial charge in [0, 0.05) is 35.5 Å². The molecule has 3 saturated heterocycles. The Balaban J connectivity index is 1.21. The Hall–Kier alpha value is -3.40. The van der Waals surface area contributed by atoms with Gasteiger partial charge in [-0.15, -0.1) is 0 Å². The number of pyridine rings is 1. The maximum Gasteiger partial charge on any atom is 0.319 e. The number of rotatable bonds is 8. The molecular formula is C37H47ClFN7O6. The van der Waals surface area contributed by atoms with Crippen LogP contribution in [0.1, 0.15) is 58.4 Å². The van der Waals surface area contributed by atoms with Gasteiger partial charge in [0.1, 0.15) is 28.0 Å². The number of aryl methyl sites for hydroxylation is 1. The van der Waals surface area contributed by atoms with Crippen molar-refractivity contribution in [1.82, 2.24) is 30.0 Å². The number of aromatic amines is 1. The van der Waals surface area contributed by atoms with E-state index in [2.05, 4.69) is 15.1 Å². The fourth-order valence-corrected chi connectivity index (χ4v) is 9.13. The molecule has 280 valence electrons. The molecule has 1 saturated carbocycles. The third-order valence-corrected chi connectivity index (χ3v) is 11.7. The molecule has 3 aliphatic heterocycles. The number of fused-ring (bicyclic) bond motifs is 3. The first kappa shape index (κ1) is 35.6. The van der Waals surface area contributed by atoms with Crippen molar-refractivity contribution in [3.05, 3.63) is 28.7 Å². The van der Waals surface area contributed by atoms with Gasteiger partial charge in [0.15, 0.2) is 11.6 Å². The number of aromatic nitrogens is 5. The number of hydrogen-bond donors (Lipinski definition) is 2. The molecule has 4 fully saturated rings. The zero-order valence-corrected chi connectivity index (χ0v) is 31.2. The summed E-state index contributed by atoms with van der Waals surface area (Å²) in [5, 5.41) is 19.5. The number of piperidine rings is 1. The summed E-state index contributed by atoms with van der Waals surface area (Å²) in [4.78, 5) is 18.8. The van der Waals surface area contributed by atoms with Crippen LogP contribution in [-0.4, -0.2) is 118 Å². The molecule has 4 aliphatic rings. The van der Waals surface area contributed by atoms with E-state index >= 15 is 4.39 Å². The molecule has 0 amide bonds. The Kier molecular flexibility index (Phi) is 9.23. The summed E-state index contributed by atoms with van der Waals surface area (Å²) in [5.74, 6) is -0.807. The molecule has 4 aromatic rings. The highest BCUT2D eigenvalue weighted by atomic mass is 35.5. The normalized spacial score (nSPS) is 28.0. The monoisotopic (exact) mass is 739 g/mol. The molecule has 1 aliphatic carbocycles. The first-order chi connectivity index (χ1) is 24.9. The molecule has 0 radical (unpaired) electrons. The van der Waals surface area contributed by atoms with Gasteiger partial charge in [0.05, 0.1) is 62.9 Å². The van der Waals surface area contributed by atoms with E-state index in [-0.39, 0.29) is 53.2 Å². The van der Waals surface area contributed by atoms with Crippen LogP contribution in [-0.2, 0) is 14.2 Å². The van der Waals surface area contributed by atoms with Gasteiger partial charge in [-0.2, -0.15) is 15.1 Å².